The van der Waals surface area contributed by atoms with Crippen molar-refractivity contribution < 1.29 is 32.7 Å². The van der Waals surface area contributed by atoms with Gasteiger partial charge in [-0.1, -0.05) is 26.7 Å². The summed E-state index contributed by atoms with van der Waals surface area (Å²) in [7, 11) is 2.17. The van der Waals surface area contributed by atoms with Crippen molar-refractivity contribution in [2.24, 2.45) is 5.41 Å². The maximum Gasteiger partial charge on any atom is 0 e. The molecule has 1 aliphatic heterocycles. The molecule has 1 fully saturated rings. The average molecular weight is 258 g/mol. The third-order valence-electron chi connectivity index (χ3n) is 2.58. The molecule has 2 heteroatoms. The number of hydrogen-bond acceptors (Lipinski definition) is 1. The Morgan fingerprint density at radius 2 is 1.62 bits per heavy atom. The van der Waals surface area contributed by atoms with Crippen LogP contribution in [0.2, 0.25) is 0 Å². The van der Waals surface area contributed by atoms with Crippen LogP contribution in [0.4, 0.5) is 0 Å². The Morgan fingerprint density at radius 3 is 1.92 bits per heavy atom. The van der Waals surface area contributed by atoms with E-state index in [2.05, 4.69) is 25.8 Å². The van der Waals surface area contributed by atoms with Crippen LogP contribution >= 0.6 is 0 Å². The fourth-order valence-electron chi connectivity index (χ4n) is 1.34. The molecule has 1 saturated heterocycles. The molecule has 0 aliphatic carbocycles. The fraction of sp³-hybridized carbons (Fsp3) is 0.818. The van der Waals surface area contributed by atoms with Crippen molar-refractivity contribution in [3.63, 3.8) is 0 Å². The molecule has 0 aromatic heterocycles. The molecule has 1 rings (SSSR count). The Bertz CT molecular complexity index is 107. The van der Waals surface area contributed by atoms with Gasteiger partial charge in [-0.3, -0.25) is 0 Å². The van der Waals surface area contributed by atoms with Crippen LogP contribution in [0.1, 0.15) is 33.1 Å². The molecule has 0 spiro atoms. The minimum Gasteiger partial charge on any atom is -0.345 e. The van der Waals surface area contributed by atoms with Crippen LogP contribution in [0.25, 0.3) is 0 Å². The van der Waals surface area contributed by atoms with Gasteiger partial charge < -0.3 is 18.7 Å². The number of likely N-dealkylation sites (tertiary alicyclic amines) is 1. The van der Waals surface area contributed by atoms with E-state index in [0.717, 1.165) is 6.42 Å². The van der Waals surface area contributed by atoms with E-state index in [-0.39, 0.29) is 32.7 Å². The zero-order valence-corrected chi connectivity index (χ0v) is 12.3. The van der Waals surface area contributed by atoms with Gasteiger partial charge in [0, 0.05) is 32.7 Å². The van der Waals surface area contributed by atoms with Gasteiger partial charge in [-0.05, 0) is 20.1 Å². The Hall–Kier alpha value is 1.06. The van der Waals surface area contributed by atoms with E-state index < -0.39 is 0 Å². The molecule has 0 aromatic rings. The molecule has 1 nitrogen and oxygen atoms in total. The van der Waals surface area contributed by atoms with Crippen LogP contribution in [0.3, 0.4) is 0 Å². The van der Waals surface area contributed by atoms with E-state index in [0.29, 0.717) is 5.41 Å². The summed E-state index contributed by atoms with van der Waals surface area (Å²) in [6.07, 6.45) is 3.42. The molecule has 1 heterocycles. The zero-order valence-electron chi connectivity index (χ0n) is 9.47. The monoisotopic (exact) mass is 258 g/mol. The summed E-state index contributed by atoms with van der Waals surface area (Å²) in [4.78, 5) is 2.36. The molecule has 1 aliphatic rings. The van der Waals surface area contributed by atoms with Crippen LogP contribution in [-0.4, -0.2) is 25.0 Å². The normalized spacial score (nSPS) is 21.0. The number of nitrogens with zero attached hydrogens (tertiary/aromatic N) is 1. The Labute approximate surface area is 110 Å². The first-order valence-electron chi connectivity index (χ1n) is 4.99. The van der Waals surface area contributed by atoms with E-state index in [9.17, 15) is 0 Å². The van der Waals surface area contributed by atoms with Crippen LogP contribution in [0.5, 0.6) is 0 Å². The van der Waals surface area contributed by atoms with Gasteiger partial charge in [-0.15, -0.1) is 0 Å². The van der Waals surface area contributed by atoms with E-state index in [4.69, 9.17) is 0 Å². The van der Waals surface area contributed by atoms with Gasteiger partial charge in [0.25, 0.3) is 0 Å². The van der Waals surface area contributed by atoms with Gasteiger partial charge in [-0.2, -0.15) is 5.41 Å². The van der Waals surface area contributed by atoms with Gasteiger partial charge in [0.1, 0.15) is 0 Å². The van der Waals surface area contributed by atoms with Crippen molar-refractivity contribution >= 4 is 0 Å². The van der Waals surface area contributed by atoms with E-state index in [1.807, 2.05) is 13.8 Å². The van der Waals surface area contributed by atoms with Crippen molar-refractivity contribution in [2.45, 2.75) is 33.1 Å². The van der Waals surface area contributed by atoms with Crippen LogP contribution in [0.15, 0.2) is 0 Å². The Kier molecular flexibility index (Phi) is 10.6. The number of hydrogen-bond donors (Lipinski definition) is 0. The zero-order chi connectivity index (χ0) is 9.61. The average Bonchev–Trinajstić information content (AvgIpc) is 2.14. The van der Waals surface area contributed by atoms with Crippen molar-refractivity contribution in [2.75, 3.05) is 20.1 Å². The summed E-state index contributed by atoms with van der Waals surface area (Å²) >= 11 is 0. The molecule has 0 N–H and O–H groups in total. The van der Waals surface area contributed by atoms with Crippen molar-refractivity contribution in [1.82, 2.24) is 4.90 Å². The molecule has 0 amide bonds. The summed E-state index contributed by atoms with van der Waals surface area (Å²) in [6.45, 7) is 14.5. The second kappa shape index (κ2) is 8.38. The molecule has 77 valence electrons. The SMILES string of the molecule is CC.[CH2-]CC1([CH2-])CCN(C)CC1.[Y]. The molecule has 0 aromatic carbocycles. The largest absolute Gasteiger partial charge is 0.345 e. The Balaban J connectivity index is 0. The first-order chi connectivity index (χ1) is 5.66. The first kappa shape index (κ1) is 16.5. The summed E-state index contributed by atoms with van der Waals surface area (Å²) < 4.78 is 0. The summed E-state index contributed by atoms with van der Waals surface area (Å²) in [5.74, 6) is 0. The van der Waals surface area contributed by atoms with Gasteiger partial charge in [0.15, 0.2) is 0 Å². The van der Waals surface area contributed by atoms with E-state index >= 15 is 0 Å². The standard InChI is InChI=1S/C9H17N.C2H6.Y/c1-4-9(2)5-7-10(3)8-6-9;1-2;/h1-2,4-8H2,3H3;1-2H3;/q-2;;. The minimum atomic E-state index is 0. The number of piperidine rings is 1. The summed E-state index contributed by atoms with van der Waals surface area (Å²) in [5.41, 5.74) is 0.298. The van der Waals surface area contributed by atoms with E-state index in [1.54, 1.807) is 0 Å². The summed E-state index contributed by atoms with van der Waals surface area (Å²) in [6, 6.07) is 0. The molecular weight excluding hydrogens is 235 g/mol. The van der Waals surface area contributed by atoms with Crippen LogP contribution in [-0.2, 0) is 32.7 Å². The van der Waals surface area contributed by atoms with E-state index in [1.165, 1.54) is 25.9 Å². The maximum atomic E-state index is 4.19. The summed E-state index contributed by atoms with van der Waals surface area (Å²) in [5, 5.41) is 0. The van der Waals surface area contributed by atoms with Gasteiger partial charge in [-0.25, -0.2) is 6.42 Å². The van der Waals surface area contributed by atoms with Crippen molar-refractivity contribution in [1.29, 1.82) is 0 Å². The molecule has 1 radical (unpaired) electrons. The van der Waals surface area contributed by atoms with Gasteiger partial charge in [0.2, 0.25) is 0 Å². The second-order valence-electron chi connectivity index (χ2n) is 3.55. The predicted molar refractivity (Wildman–Crippen MR) is 55.8 cm³/mol. The number of rotatable bonds is 1. The van der Waals surface area contributed by atoms with Crippen molar-refractivity contribution in [3.05, 3.63) is 13.8 Å². The molecular formula is C11H23NY-2. The van der Waals surface area contributed by atoms with Gasteiger partial charge in [0.05, 0.1) is 0 Å². The third-order valence-corrected chi connectivity index (χ3v) is 2.58. The van der Waals surface area contributed by atoms with Crippen LogP contribution < -0.4 is 0 Å². The Morgan fingerprint density at radius 1 is 1.23 bits per heavy atom. The van der Waals surface area contributed by atoms with Crippen molar-refractivity contribution in [3.8, 4) is 0 Å². The van der Waals surface area contributed by atoms with Crippen LogP contribution in [0, 0.1) is 19.3 Å². The van der Waals surface area contributed by atoms with Gasteiger partial charge >= 0.3 is 0 Å². The molecule has 0 atom stereocenters. The predicted octanol–water partition coefficient (Wildman–Crippen LogP) is 2.78. The maximum absolute atomic E-state index is 4.19. The molecule has 0 bridgehead atoms. The topological polar surface area (TPSA) is 3.24 Å². The fourth-order valence-corrected chi connectivity index (χ4v) is 1.34. The first-order valence-corrected chi connectivity index (χ1v) is 4.99. The smallest absolute Gasteiger partial charge is 0 e. The molecule has 13 heavy (non-hydrogen) atoms. The third kappa shape index (κ3) is 6.20. The minimum absolute atomic E-state index is 0. The molecule has 0 saturated carbocycles. The molecule has 0 unspecified atom stereocenters. The second-order valence-corrected chi connectivity index (χ2v) is 3.55. The quantitative estimate of drug-likeness (QED) is 0.654.